The molecule has 3 heterocycles. The lowest BCUT2D eigenvalue weighted by molar-refractivity contribution is 0.0179. The molecule has 1 aromatic rings. The fraction of sp³-hybridized carbons (Fsp3) is 0.545. The number of rotatable bonds is 2. The standard InChI is InChI=1S/C11H12BrFN2O2S/c12-10-9(13)1-8(2-14-10)3-15-4-11(5-15)6-18(16,17)7-11/h1-2H,3-7H2. The van der Waals surface area contributed by atoms with Gasteiger partial charge in [-0.25, -0.2) is 17.8 Å². The maximum Gasteiger partial charge on any atom is 0.156 e. The number of pyridine rings is 1. The van der Waals surface area contributed by atoms with E-state index in [4.69, 9.17) is 0 Å². The smallest absolute Gasteiger partial charge is 0.156 e. The molecular formula is C11H12BrFN2O2S. The SMILES string of the molecule is O=S1(=O)CC2(CN(Cc3cnc(Br)c(F)c3)C2)C1. The highest BCUT2D eigenvalue weighted by Gasteiger charge is 2.55. The van der Waals surface area contributed by atoms with Crippen LogP contribution in [0.15, 0.2) is 16.9 Å². The largest absolute Gasteiger partial charge is 0.298 e. The molecule has 7 heteroatoms. The summed E-state index contributed by atoms with van der Waals surface area (Å²) in [5.74, 6) is 0.251. The van der Waals surface area contributed by atoms with E-state index in [1.165, 1.54) is 6.07 Å². The molecule has 0 aromatic carbocycles. The molecule has 0 N–H and O–H groups in total. The van der Waals surface area contributed by atoms with Gasteiger partial charge in [0.15, 0.2) is 15.7 Å². The Kier molecular flexibility index (Phi) is 2.76. The van der Waals surface area contributed by atoms with Gasteiger partial charge in [-0.15, -0.1) is 0 Å². The van der Waals surface area contributed by atoms with Crippen LogP contribution in [0, 0.1) is 11.2 Å². The van der Waals surface area contributed by atoms with E-state index in [1.807, 2.05) is 0 Å². The third-order valence-corrected chi connectivity index (χ3v) is 6.12. The van der Waals surface area contributed by atoms with Crippen LogP contribution in [0.2, 0.25) is 0 Å². The first kappa shape index (κ1) is 12.5. The van der Waals surface area contributed by atoms with Gasteiger partial charge in [0, 0.05) is 31.2 Å². The molecule has 0 saturated carbocycles. The normalized spacial score (nSPS) is 24.6. The number of halogens is 2. The third-order valence-electron chi connectivity index (χ3n) is 3.43. The van der Waals surface area contributed by atoms with Crippen LogP contribution >= 0.6 is 15.9 Å². The summed E-state index contributed by atoms with van der Waals surface area (Å²) >= 11 is 3.01. The van der Waals surface area contributed by atoms with Crippen molar-refractivity contribution < 1.29 is 12.8 Å². The minimum atomic E-state index is -2.76. The Morgan fingerprint density at radius 3 is 2.67 bits per heavy atom. The molecule has 2 saturated heterocycles. The van der Waals surface area contributed by atoms with E-state index in [0.29, 0.717) is 18.1 Å². The highest BCUT2D eigenvalue weighted by molar-refractivity contribution is 9.10. The predicted octanol–water partition coefficient (Wildman–Crippen LogP) is 1.21. The summed E-state index contributed by atoms with van der Waals surface area (Å²) in [7, 11) is -2.76. The fourth-order valence-electron chi connectivity index (χ4n) is 2.89. The van der Waals surface area contributed by atoms with Crippen LogP contribution in [0.25, 0.3) is 0 Å². The number of likely N-dealkylation sites (tertiary alicyclic amines) is 1. The molecule has 0 aliphatic carbocycles. The van der Waals surface area contributed by atoms with Gasteiger partial charge in [-0.1, -0.05) is 0 Å². The minimum Gasteiger partial charge on any atom is -0.298 e. The zero-order valence-corrected chi connectivity index (χ0v) is 12.0. The van der Waals surface area contributed by atoms with Gasteiger partial charge < -0.3 is 0 Å². The molecule has 2 aliphatic rings. The van der Waals surface area contributed by atoms with Gasteiger partial charge in [0.05, 0.1) is 11.5 Å². The summed E-state index contributed by atoms with van der Waals surface area (Å²) in [6.45, 7) is 2.19. The minimum absolute atomic E-state index is 0.0137. The number of hydrogen-bond acceptors (Lipinski definition) is 4. The van der Waals surface area contributed by atoms with E-state index in [-0.39, 0.29) is 15.8 Å². The second kappa shape index (κ2) is 3.98. The Labute approximate surface area is 113 Å². The maximum atomic E-state index is 13.3. The second-order valence-corrected chi connectivity index (χ2v) is 8.11. The Hall–Kier alpha value is -0.530. The highest BCUT2D eigenvalue weighted by atomic mass is 79.9. The predicted molar refractivity (Wildman–Crippen MR) is 68.3 cm³/mol. The van der Waals surface area contributed by atoms with Crippen LogP contribution in [-0.2, 0) is 16.4 Å². The third kappa shape index (κ3) is 2.19. The zero-order valence-electron chi connectivity index (χ0n) is 9.57. The molecule has 0 unspecified atom stereocenters. The van der Waals surface area contributed by atoms with Crippen molar-refractivity contribution in [3.8, 4) is 0 Å². The fourth-order valence-corrected chi connectivity index (χ4v) is 5.26. The molecule has 2 aliphatic heterocycles. The average Bonchev–Trinajstić information content (AvgIpc) is 2.18. The molecule has 18 heavy (non-hydrogen) atoms. The summed E-state index contributed by atoms with van der Waals surface area (Å²) in [4.78, 5) is 6.03. The van der Waals surface area contributed by atoms with Gasteiger partial charge in [0.1, 0.15) is 4.60 Å². The molecule has 0 amide bonds. The number of aromatic nitrogens is 1. The van der Waals surface area contributed by atoms with Gasteiger partial charge in [-0.2, -0.15) is 0 Å². The molecule has 0 radical (unpaired) electrons. The Morgan fingerprint density at radius 1 is 1.44 bits per heavy atom. The van der Waals surface area contributed by atoms with Gasteiger partial charge in [-0.05, 0) is 27.6 Å². The summed E-state index contributed by atoms with van der Waals surface area (Å²) in [5, 5.41) is 0. The second-order valence-electron chi connectivity index (χ2n) is 5.29. The Morgan fingerprint density at radius 2 is 2.11 bits per heavy atom. The van der Waals surface area contributed by atoms with E-state index in [9.17, 15) is 12.8 Å². The van der Waals surface area contributed by atoms with Crippen molar-refractivity contribution in [2.24, 2.45) is 5.41 Å². The quantitative estimate of drug-likeness (QED) is 0.763. The van der Waals surface area contributed by atoms with Gasteiger partial charge in [0.25, 0.3) is 0 Å². The van der Waals surface area contributed by atoms with E-state index < -0.39 is 9.84 Å². The summed E-state index contributed by atoms with van der Waals surface area (Å²) in [6.07, 6.45) is 1.63. The summed E-state index contributed by atoms with van der Waals surface area (Å²) in [5.41, 5.74) is 0.799. The molecular weight excluding hydrogens is 323 g/mol. The average molecular weight is 335 g/mol. The van der Waals surface area contributed by atoms with Crippen molar-refractivity contribution in [2.75, 3.05) is 24.6 Å². The molecule has 1 aromatic heterocycles. The molecule has 3 rings (SSSR count). The van der Waals surface area contributed by atoms with Gasteiger partial charge in [-0.3, -0.25) is 4.90 Å². The van der Waals surface area contributed by atoms with Crippen molar-refractivity contribution in [1.82, 2.24) is 9.88 Å². The lowest BCUT2D eigenvalue weighted by Gasteiger charge is -2.54. The molecule has 0 atom stereocenters. The first-order valence-electron chi connectivity index (χ1n) is 5.60. The van der Waals surface area contributed by atoms with Crippen molar-refractivity contribution in [3.05, 3.63) is 28.2 Å². The van der Waals surface area contributed by atoms with Crippen LogP contribution in [0.1, 0.15) is 5.56 Å². The lowest BCUT2D eigenvalue weighted by Crippen LogP contribution is -2.67. The summed E-state index contributed by atoms with van der Waals surface area (Å²) in [6, 6.07) is 1.46. The van der Waals surface area contributed by atoms with Crippen LogP contribution in [0.4, 0.5) is 4.39 Å². The molecule has 1 spiro atoms. The monoisotopic (exact) mass is 334 g/mol. The lowest BCUT2D eigenvalue weighted by atomic mass is 9.82. The first-order chi connectivity index (χ1) is 8.38. The van der Waals surface area contributed by atoms with Crippen LogP contribution in [0.5, 0.6) is 0 Å². The van der Waals surface area contributed by atoms with E-state index >= 15 is 0 Å². The molecule has 4 nitrogen and oxygen atoms in total. The topological polar surface area (TPSA) is 50.3 Å². The van der Waals surface area contributed by atoms with E-state index in [1.54, 1.807) is 6.20 Å². The van der Waals surface area contributed by atoms with Crippen LogP contribution in [-0.4, -0.2) is 42.9 Å². The summed E-state index contributed by atoms with van der Waals surface area (Å²) < 4.78 is 35.8. The first-order valence-corrected chi connectivity index (χ1v) is 8.22. The number of sulfone groups is 1. The molecule has 98 valence electrons. The van der Waals surface area contributed by atoms with Crippen LogP contribution in [0.3, 0.4) is 0 Å². The molecule has 0 bridgehead atoms. The van der Waals surface area contributed by atoms with Crippen molar-refractivity contribution in [2.45, 2.75) is 6.54 Å². The highest BCUT2D eigenvalue weighted by Crippen LogP contribution is 2.41. The van der Waals surface area contributed by atoms with Gasteiger partial charge in [0.2, 0.25) is 0 Å². The van der Waals surface area contributed by atoms with Crippen molar-refractivity contribution in [1.29, 1.82) is 0 Å². The molecule has 2 fully saturated rings. The van der Waals surface area contributed by atoms with Gasteiger partial charge >= 0.3 is 0 Å². The number of nitrogens with zero attached hydrogens (tertiary/aromatic N) is 2. The van der Waals surface area contributed by atoms with E-state index in [2.05, 4.69) is 25.8 Å². The van der Waals surface area contributed by atoms with Crippen molar-refractivity contribution in [3.63, 3.8) is 0 Å². The zero-order chi connectivity index (χ0) is 13.0. The Balaban J connectivity index is 1.59. The maximum absolute atomic E-state index is 13.3. The number of hydrogen-bond donors (Lipinski definition) is 0. The Bertz CT molecular complexity index is 585. The van der Waals surface area contributed by atoms with Crippen molar-refractivity contribution >= 4 is 25.8 Å². The van der Waals surface area contributed by atoms with E-state index in [0.717, 1.165) is 18.7 Å². The van der Waals surface area contributed by atoms with Crippen LogP contribution < -0.4 is 0 Å².